The molecule has 25 heavy (non-hydrogen) atoms. The molecule has 2 fully saturated rings. The van der Waals surface area contributed by atoms with Crippen molar-refractivity contribution in [2.75, 3.05) is 0 Å². The summed E-state index contributed by atoms with van der Waals surface area (Å²) < 4.78 is 0.551. The molecule has 2 aliphatic rings. The van der Waals surface area contributed by atoms with E-state index in [2.05, 4.69) is 12.0 Å². The van der Waals surface area contributed by atoms with Crippen LogP contribution in [0.5, 0.6) is 0 Å². The summed E-state index contributed by atoms with van der Waals surface area (Å²) in [6, 6.07) is 6.66. The Kier molecular flexibility index (Phi) is 5.36. The number of amides is 1. The second-order valence-electron chi connectivity index (χ2n) is 7.10. The normalized spacial score (nSPS) is 21.4. The summed E-state index contributed by atoms with van der Waals surface area (Å²) in [5, 5.41) is 22.3. The highest BCUT2D eigenvalue weighted by Crippen LogP contribution is 2.28. The van der Waals surface area contributed by atoms with Gasteiger partial charge in [-0.05, 0) is 24.3 Å². The van der Waals surface area contributed by atoms with Crippen molar-refractivity contribution < 1.29 is 9.53 Å². The molecule has 1 amide bonds. The molecule has 1 saturated heterocycles. The van der Waals surface area contributed by atoms with Crippen molar-refractivity contribution >= 4 is 24.3 Å². The van der Waals surface area contributed by atoms with Gasteiger partial charge >= 0.3 is 0 Å². The van der Waals surface area contributed by atoms with Gasteiger partial charge in [0, 0.05) is 12.1 Å². The van der Waals surface area contributed by atoms with E-state index in [1.54, 1.807) is 24.3 Å². The van der Waals surface area contributed by atoms with Crippen LogP contribution in [0.4, 0.5) is 5.69 Å². The first-order valence-corrected chi connectivity index (χ1v) is 9.08. The van der Waals surface area contributed by atoms with Crippen LogP contribution in [0.25, 0.3) is 0 Å². The van der Waals surface area contributed by atoms with E-state index in [0.717, 1.165) is 24.3 Å². The van der Waals surface area contributed by atoms with Gasteiger partial charge in [0.05, 0.1) is 6.54 Å². The fraction of sp³-hybridized carbons (Fsp3) is 0.526. The zero-order valence-corrected chi connectivity index (χ0v) is 14.5. The van der Waals surface area contributed by atoms with Crippen LogP contribution in [-0.2, 0) is 11.3 Å². The minimum atomic E-state index is -0.273. The van der Waals surface area contributed by atoms with Crippen LogP contribution in [0.15, 0.2) is 24.3 Å². The summed E-state index contributed by atoms with van der Waals surface area (Å²) in [6.45, 7) is 3.65. The number of carbonyl (C=O) groups excluding carboxylic acids is 1. The Balaban J connectivity index is 1.56. The molecule has 6 nitrogen and oxygen atoms in total. The van der Waals surface area contributed by atoms with Crippen LogP contribution in [0.2, 0.25) is 0 Å². The first-order chi connectivity index (χ1) is 12.0. The third-order valence-corrected chi connectivity index (χ3v) is 5.30. The monoisotopic (exact) mass is 342 g/mol. The van der Waals surface area contributed by atoms with Crippen molar-refractivity contribution in [2.24, 2.45) is 5.92 Å². The van der Waals surface area contributed by atoms with Gasteiger partial charge < -0.3 is 10.5 Å². The largest absolute Gasteiger partial charge is 0.619 e. The van der Waals surface area contributed by atoms with Gasteiger partial charge in [-0.25, -0.2) is 0 Å². The smallest absolute Gasteiger partial charge is 0.252 e. The highest BCUT2D eigenvalue weighted by Gasteiger charge is 2.35. The molecule has 1 heterocycles. The van der Waals surface area contributed by atoms with Gasteiger partial charge in [0.25, 0.3) is 5.91 Å². The summed E-state index contributed by atoms with van der Waals surface area (Å²) in [5.41, 5.74) is 1.36. The van der Waals surface area contributed by atoms with Gasteiger partial charge in [-0.2, -0.15) is 4.74 Å². The average molecular weight is 342 g/mol. The van der Waals surface area contributed by atoms with Crippen LogP contribution >= 0.6 is 0 Å². The van der Waals surface area contributed by atoms with Gasteiger partial charge in [0.2, 0.25) is 5.69 Å². The molecular formula is C19H26N4O2. The summed E-state index contributed by atoms with van der Waals surface area (Å²) in [6.07, 6.45) is 8.36. The standard InChI is InChI=1S/C19H26N4O2/c1-22(25)16-10-7-15(8-11-16)13-23-18(24)17(21-19(23)20)12-9-14-5-3-2-4-6-14/h7-8,10-11,14,17H,1-6,9,12-13H2,(H2,20,21). The maximum Gasteiger partial charge on any atom is 0.252 e. The summed E-state index contributed by atoms with van der Waals surface area (Å²) in [4.78, 5) is 14.1. The highest BCUT2D eigenvalue weighted by molar-refractivity contribution is 6.05. The van der Waals surface area contributed by atoms with Crippen molar-refractivity contribution in [3.8, 4) is 0 Å². The third kappa shape index (κ3) is 4.18. The van der Waals surface area contributed by atoms with E-state index in [0.29, 0.717) is 17.0 Å². The van der Waals surface area contributed by atoms with Gasteiger partial charge in [-0.15, -0.1) is 0 Å². The fourth-order valence-corrected chi connectivity index (χ4v) is 3.78. The van der Waals surface area contributed by atoms with Crippen LogP contribution in [0.3, 0.4) is 0 Å². The van der Waals surface area contributed by atoms with Crippen LogP contribution < -0.4 is 5.32 Å². The van der Waals surface area contributed by atoms with Crippen molar-refractivity contribution in [1.82, 2.24) is 10.2 Å². The van der Waals surface area contributed by atoms with Gasteiger partial charge in [0.1, 0.15) is 12.8 Å². The Bertz CT molecular complexity index is 650. The van der Waals surface area contributed by atoms with Crippen molar-refractivity contribution in [3.05, 3.63) is 35.0 Å². The molecule has 0 spiro atoms. The topological polar surface area (TPSA) is 82.3 Å². The molecule has 1 unspecified atom stereocenters. The molecule has 1 aromatic rings. The van der Waals surface area contributed by atoms with E-state index in [-0.39, 0.29) is 17.9 Å². The summed E-state index contributed by atoms with van der Waals surface area (Å²) >= 11 is 0. The first kappa shape index (κ1) is 17.5. The van der Waals surface area contributed by atoms with Crippen LogP contribution in [0, 0.1) is 16.5 Å². The van der Waals surface area contributed by atoms with E-state index >= 15 is 0 Å². The minimum Gasteiger partial charge on any atom is -0.619 e. The molecule has 134 valence electrons. The lowest BCUT2D eigenvalue weighted by molar-refractivity contribution is -0.349. The van der Waals surface area contributed by atoms with Gasteiger partial charge in [-0.3, -0.25) is 15.1 Å². The van der Waals surface area contributed by atoms with Gasteiger partial charge in [0.15, 0.2) is 5.96 Å². The van der Waals surface area contributed by atoms with Crippen LogP contribution in [-0.4, -0.2) is 34.3 Å². The molecular weight excluding hydrogens is 316 g/mol. The van der Waals surface area contributed by atoms with Crippen LogP contribution in [0.1, 0.15) is 50.5 Å². The Morgan fingerprint density at radius 3 is 2.52 bits per heavy atom. The van der Waals surface area contributed by atoms with E-state index < -0.39 is 0 Å². The number of rotatable bonds is 6. The van der Waals surface area contributed by atoms with E-state index in [1.807, 2.05) is 0 Å². The highest BCUT2D eigenvalue weighted by atomic mass is 16.5. The Labute approximate surface area is 148 Å². The lowest BCUT2D eigenvalue weighted by Crippen LogP contribution is -2.31. The zero-order chi connectivity index (χ0) is 17.8. The molecule has 0 bridgehead atoms. The lowest BCUT2D eigenvalue weighted by Gasteiger charge is -2.22. The lowest BCUT2D eigenvalue weighted by atomic mass is 9.85. The average Bonchev–Trinajstić information content (AvgIpc) is 2.89. The van der Waals surface area contributed by atoms with E-state index in [4.69, 9.17) is 5.41 Å². The second kappa shape index (κ2) is 7.68. The maximum absolute atomic E-state index is 12.6. The Hall–Kier alpha value is -2.37. The summed E-state index contributed by atoms with van der Waals surface area (Å²) in [5.74, 6) is 0.884. The molecule has 1 saturated carbocycles. The first-order valence-electron chi connectivity index (χ1n) is 9.08. The molecule has 0 radical (unpaired) electrons. The van der Waals surface area contributed by atoms with Gasteiger partial charge in [-0.1, -0.05) is 44.2 Å². The Morgan fingerprint density at radius 1 is 1.20 bits per heavy atom. The number of carbonyl (C=O) groups is 1. The zero-order valence-electron chi connectivity index (χ0n) is 14.5. The Morgan fingerprint density at radius 2 is 1.88 bits per heavy atom. The van der Waals surface area contributed by atoms with Crippen molar-refractivity contribution in [1.29, 1.82) is 5.41 Å². The number of benzene rings is 1. The molecule has 1 aliphatic carbocycles. The number of hydrogen-bond acceptors (Lipinski definition) is 3. The SMILES string of the molecule is C=[N+]([O-])c1ccc(CN2C(=N)NC(CCC3CCCCC3)C2=O)cc1. The molecule has 1 atom stereocenters. The number of guanidine groups is 1. The molecule has 1 aromatic carbocycles. The predicted molar refractivity (Wildman–Crippen MR) is 97.9 cm³/mol. The molecule has 1 aliphatic heterocycles. The predicted octanol–water partition coefficient (Wildman–Crippen LogP) is 3.12. The minimum absolute atomic E-state index is 0.0208. The number of nitrogens with zero attached hydrogens (tertiary/aromatic N) is 2. The molecule has 0 aromatic heterocycles. The van der Waals surface area contributed by atoms with E-state index in [1.165, 1.54) is 37.0 Å². The van der Waals surface area contributed by atoms with Crippen molar-refractivity contribution in [2.45, 2.75) is 57.5 Å². The fourth-order valence-electron chi connectivity index (χ4n) is 3.78. The van der Waals surface area contributed by atoms with Crippen molar-refractivity contribution in [3.63, 3.8) is 0 Å². The quantitative estimate of drug-likeness (QED) is 0.361. The maximum atomic E-state index is 12.6. The van der Waals surface area contributed by atoms with E-state index in [9.17, 15) is 10.0 Å². The molecule has 2 N–H and O–H groups in total. The third-order valence-electron chi connectivity index (χ3n) is 5.30. The molecule has 6 heteroatoms. The number of nitrogens with one attached hydrogen (secondary N) is 2. The summed E-state index contributed by atoms with van der Waals surface area (Å²) in [7, 11) is 0. The molecule has 3 rings (SSSR count). The second-order valence-corrected chi connectivity index (χ2v) is 7.10. The number of hydrogen-bond donors (Lipinski definition) is 2.